The van der Waals surface area contributed by atoms with E-state index in [0.29, 0.717) is 37.1 Å². The highest BCUT2D eigenvalue weighted by molar-refractivity contribution is 5.87. The maximum absolute atomic E-state index is 12.6. The van der Waals surface area contributed by atoms with Crippen molar-refractivity contribution in [2.24, 2.45) is 10.9 Å². The fourth-order valence-corrected chi connectivity index (χ4v) is 4.17. The van der Waals surface area contributed by atoms with Crippen molar-refractivity contribution in [1.29, 1.82) is 0 Å². The lowest BCUT2D eigenvalue weighted by molar-refractivity contribution is -0.132. The number of carbonyl (C=O) groups is 1. The molecule has 1 amide bonds. The molecule has 3 aromatic rings. The number of aromatic nitrogens is 3. The third kappa shape index (κ3) is 4.32. The average molecular weight is 441 g/mol. The van der Waals surface area contributed by atoms with E-state index in [2.05, 4.69) is 26.9 Å². The molecule has 1 saturated heterocycles. The molecule has 33 heavy (non-hydrogen) atoms. The zero-order valence-electron chi connectivity index (χ0n) is 18.1. The van der Waals surface area contributed by atoms with Crippen molar-refractivity contribution in [3.05, 3.63) is 89.0 Å². The van der Waals surface area contributed by atoms with Gasteiger partial charge < -0.3 is 10.2 Å². The molecule has 166 valence electrons. The van der Waals surface area contributed by atoms with E-state index < -0.39 is 0 Å². The first kappa shape index (κ1) is 20.8. The van der Waals surface area contributed by atoms with Crippen molar-refractivity contribution in [2.75, 3.05) is 18.4 Å². The summed E-state index contributed by atoms with van der Waals surface area (Å²) in [7, 11) is 0. The molecule has 8 nitrogen and oxygen atoms in total. The number of anilines is 1. The molecule has 1 aromatic carbocycles. The van der Waals surface area contributed by atoms with Crippen LogP contribution < -0.4 is 10.9 Å². The Bertz CT molecular complexity index is 1320. The number of carbonyl (C=O) groups excluding carboxylic acids is 1. The van der Waals surface area contributed by atoms with Crippen molar-refractivity contribution in [2.45, 2.75) is 19.0 Å². The Balaban J connectivity index is 1.31. The van der Waals surface area contributed by atoms with E-state index in [9.17, 15) is 9.59 Å². The van der Waals surface area contributed by atoms with Crippen molar-refractivity contribution < 1.29 is 4.79 Å². The van der Waals surface area contributed by atoms with Gasteiger partial charge in [-0.25, -0.2) is 4.98 Å². The second kappa shape index (κ2) is 8.82. The summed E-state index contributed by atoms with van der Waals surface area (Å²) in [5.41, 5.74) is 2.42. The van der Waals surface area contributed by atoms with Gasteiger partial charge in [0.15, 0.2) is 0 Å². The number of fused-ring (bicyclic) bond motifs is 1. The second-order valence-electron chi connectivity index (χ2n) is 8.28. The number of rotatable bonds is 7. The van der Waals surface area contributed by atoms with Gasteiger partial charge in [-0.05, 0) is 36.1 Å². The summed E-state index contributed by atoms with van der Waals surface area (Å²) < 4.78 is 1.68. The molecule has 1 fully saturated rings. The molecule has 1 unspecified atom stereocenters. The smallest absolute Gasteiger partial charge is 0.252 e. The van der Waals surface area contributed by atoms with Crippen molar-refractivity contribution in [1.82, 2.24) is 19.4 Å². The number of benzene rings is 1. The summed E-state index contributed by atoms with van der Waals surface area (Å²) in [6.45, 7) is 5.45. The van der Waals surface area contributed by atoms with Crippen LogP contribution in [0.15, 0.2) is 82.9 Å². The Hall–Kier alpha value is -4.07. The zero-order chi connectivity index (χ0) is 22.8. The first-order valence-corrected chi connectivity index (χ1v) is 11.0. The standard InChI is InChI=1S/C25H24N6O2/c1-2-22(32)30-15-17(16-30)10-11-31-23(33)9-8-19-13-27-25(29-24(19)31)28-20-12-21(26-14-20)18-6-4-3-5-7-18/h2-9,12-14,17,21H,1,10-11,15-16H2,(H,27,28,29). The normalized spacial score (nSPS) is 17.6. The van der Waals surface area contributed by atoms with Gasteiger partial charge in [0.05, 0.1) is 11.7 Å². The molecule has 2 aliphatic heterocycles. The van der Waals surface area contributed by atoms with Crippen molar-refractivity contribution in [3.8, 4) is 0 Å². The molecule has 0 saturated carbocycles. The van der Waals surface area contributed by atoms with Crippen LogP contribution in [-0.2, 0) is 11.3 Å². The molecule has 0 radical (unpaired) electrons. The minimum absolute atomic E-state index is 0.0395. The number of nitrogens with one attached hydrogen (secondary N) is 1. The molecule has 5 rings (SSSR count). The predicted molar refractivity (Wildman–Crippen MR) is 128 cm³/mol. The van der Waals surface area contributed by atoms with Crippen LogP contribution in [-0.4, -0.2) is 44.6 Å². The first-order chi connectivity index (χ1) is 16.1. The van der Waals surface area contributed by atoms with Gasteiger partial charge in [-0.2, -0.15) is 4.98 Å². The lowest BCUT2D eigenvalue weighted by atomic mass is 9.96. The molecule has 2 aliphatic rings. The van der Waals surface area contributed by atoms with Crippen LogP contribution in [0.4, 0.5) is 5.95 Å². The highest BCUT2D eigenvalue weighted by Crippen LogP contribution is 2.25. The van der Waals surface area contributed by atoms with Crippen LogP contribution in [0, 0.1) is 5.92 Å². The first-order valence-electron chi connectivity index (χ1n) is 11.0. The average Bonchev–Trinajstić information content (AvgIpc) is 3.28. The van der Waals surface area contributed by atoms with Crippen LogP contribution in [0.5, 0.6) is 0 Å². The molecular weight excluding hydrogens is 416 g/mol. The molecule has 8 heteroatoms. The summed E-state index contributed by atoms with van der Waals surface area (Å²) in [6.07, 6.45) is 7.65. The molecule has 0 aliphatic carbocycles. The Kier molecular flexibility index (Phi) is 5.56. The Labute approximate surface area is 191 Å². The second-order valence-corrected chi connectivity index (χ2v) is 8.28. The maximum Gasteiger partial charge on any atom is 0.252 e. The maximum atomic E-state index is 12.6. The van der Waals surface area contributed by atoms with Crippen molar-refractivity contribution >= 4 is 29.1 Å². The minimum Gasteiger partial charge on any atom is -0.338 e. The minimum atomic E-state index is -0.101. The Morgan fingerprint density at radius 2 is 2.00 bits per heavy atom. The number of hydrogen-bond donors (Lipinski definition) is 1. The topological polar surface area (TPSA) is 92.5 Å². The monoisotopic (exact) mass is 440 g/mol. The molecule has 1 N–H and O–H groups in total. The van der Waals surface area contributed by atoms with E-state index in [-0.39, 0.29) is 17.5 Å². The Morgan fingerprint density at radius 1 is 1.18 bits per heavy atom. The van der Waals surface area contributed by atoms with E-state index in [1.807, 2.05) is 36.4 Å². The van der Waals surface area contributed by atoms with Crippen LogP contribution >= 0.6 is 0 Å². The molecular formula is C25H24N6O2. The van der Waals surface area contributed by atoms with Gasteiger partial charge in [0.25, 0.3) is 5.56 Å². The van der Waals surface area contributed by atoms with Crippen LogP contribution in [0.2, 0.25) is 0 Å². The van der Waals surface area contributed by atoms with Crippen LogP contribution in [0.25, 0.3) is 11.0 Å². The molecule has 2 aromatic heterocycles. The number of allylic oxidation sites excluding steroid dienone is 1. The van der Waals surface area contributed by atoms with Gasteiger partial charge in [-0.3, -0.25) is 19.1 Å². The number of hydrogen-bond acceptors (Lipinski definition) is 6. The zero-order valence-corrected chi connectivity index (χ0v) is 18.1. The van der Waals surface area contributed by atoms with E-state index in [1.54, 1.807) is 34.0 Å². The van der Waals surface area contributed by atoms with E-state index in [0.717, 1.165) is 23.1 Å². The van der Waals surface area contributed by atoms with E-state index in [1.165, 1.54) is 6.08 Å². The lowest BCUT2D eigenvalue weighted by Crippen LogP contribution is -2.49. The number of aryl methyl sites for hydroxylation is 1. The summed E-state index contributed by atoms with van der Waals surface area (Å²) in [5.74, 6) is 0.737. The molecule has 0 spiro atoms. The van der Waals surface area contributed by atoms with Gasteiger partial charge in [-0.1, -0.05) is 36.9 Å². The third-order valence-electron chi connectivity index (χ3n) is 6.04. The summed E-state index contributed by atoms with van der Waals surface area (Å²) in [6, 6.07) is 13.3. The van der Waals surface area contributed by atoms with Crippen LogP contribution in [0.3, 0.4) is 0 Å². The van der Waals surface area contributed by atoms with Gasteiger partial charge in [0.1, 0.15) is 5.65 Å². The lowest BCUT2D eigenvalue weighted by Gasteiger charge is -2.38. The third-order valence-corrected chi connectivity index (χ3v) is 6.04. The summed E-state index contributed by atoms with van der Waals surface area (Å²) in [5, 5.41) is 4.01. The number of nitrogens with zero attached hydrogens (tertiary/aromatic N) is 5. The molecule has 0 bridgehead atoms. The fraction of sp³-hybridized carbons (Fsp3) is 0.240. The van der Waals surface area contributed by atoms with Crippen LogP contribution in [0.1, 0.15) is 18.0 Å². The quantitative estimate of drug-likeness (QED) is 0.571. The van der Waals surface area contributed by atoms with E-state index >= 15 is 0 Å². The summed E-state index contributed by atoms with van der Waals surface area (Å²) >= 11 is 0. The predicted octanol–water partition coefficient (Wildman–Crippen LogP) is 2.95. The molecule has 4 heterocycles. The summed E-state index contributed by atoms with van der Waals surface area (Å²) in [4.78, 5) is 39.6. The Morgan fingerprint density at radius 3 is 2.79 bits per heavy atom. The highest BCUT2D eigenvalue weighted by atomic mass is 16.2. The largest absolute Gasteiger partial charge is 0.338 e. The number of likely N-dealkylation sites (tertiary alicyclic amines) is 1. The number of pyridine rings is 1. The van der Waals surface area contributed by atoms with Gasteiger partial charge in [-0.15, -0.1) is 0 Å². The highest BCUT2D eigenvalue weighted by Gasteiger charge is 2.29. The molecule has 1 atom stereocenters. The van der Waals surface area contributed by atoms with Gasteiger partial charge >= 0.3 is 0 Å². The van der Waals surface area contributed by atoms with Gasteiger partial charge in [0, 0.05) is 43.5 Å². The van der Waals surface area contributed by atoms with Crippen molar-refractivity contribution in [3.63, 3.8) is 0 Å². The number of aliphatic imine (C=N–C) groups is 1. The number of amides is 1. The van der Waals surface area contributed by atoms with Gasteiger partial charge in [0.2, 0.25) is 11.9 Å². The SMILES string of the molecule is C=CC(=O)N1CC(CCn2c(=O)ccc3cnc(NC4=CC(c5ccccc5)N=C4)nc32)C1. The fourth-order valence-electron chi connectivity index (χ4n) is 4.17. The van der Waals surface area contributed by atoms with E-state index in [4.69, 9.17) is 0 Å².